The summed E-state index contributed by atoms with van der Waals surface area (Å²) in [6.45, 7) is 2.11. The lowest BCUT2D eigenvalue weighted by atomic mass is 9.96. The lowest BCUT2D eigenvalue weighted by Gasteiger charge is -2.16. The molecule has 0 unspecified atom stereocenters. The Balaban J connectivity index is 1.48. The predicted molar refractivity (Wildman–Crippen MR) is 102 cm³/mol. The van der Waals surface area contributed by atoms with Gasteiger partial charge in [-0.3, -0.25) is 9.58 Å². The second kappa shape index (κ2) is 5.77. The molecular formula is C19H19N3O2S2. The van der Waals surface area contributed by atoms with E-state index < -0.39 is 9.84 Å². The topological polar surface area (TPSA) is 55.2 Å². The number of fused-ring (bicyclic) bond motifs is 3. The van der Waals surface area contributed by atoms with E-state index in [2.05, 4.69) is 22.1 Å². The van der Waals surface area contributed by atoms with Gasteiger partial charge in [0.15, 0.2) is 9.84 Å². The molecule has 1 saturated heterocycles. The van der Waals surface area contributed by atoms with Crippen LogP contribution in [0.1, 0.15) is 17.0 Å². The van der Waals surface area contributed by atoms with Gasteiger partial charge in [0.1, 0.15) is 0 Å². The van der Waals surface area contributed by atoms with Crippen LogP contribution < -0.4 is 0 Å². The van der Waals surface area contributed by atoms with Crippen LogP contribution in [0.15, 0.2) is 53.0 Å². The molecule has 0 amide bonds. The molecule has 134 valence electrons. The number of benzene rings is 1. The number of hydrogen-bond donors (Lipinski definition) is 0. The fourth-order valence-electron chi connectivity index (χ4n) is 4.26. The smallest absolute Gasteiger partial charge is 0.183 e. The van der Waals surface area contributed by atoms with E-state index in [1.807, 2.05) is 43.0 Å². The molecule has 2 aliphatic rings. The van der Waals surface area contributed by atoms with Crippen LogP contribution in [-0.2, 0) is 23.4 Å². The van der Waals surface area contributed by atoms with Crippen LogP contribution in [0.2, 0.25) is 0 Å². The lowest BCUT2D eigenvalue weighted by Crippen LogP contribution is -2.25. The minimum Gasteiger partial charge on any atom is -0.297 e. The SMILES string of the molecule is Cn1cc(CN2C[C@@H]3[C@@H](C2)c2cc(-c4cccs4)ccc2S3(=O)=O)cn1. The quantitative estimate of drug-likeness (QED) is 0.696. The van der Waals surface area contributed by atoms with Gasteiger partial charge in [-0.15, -0.1) is 11.3 Å². The molecule has 0 radical (unpaired) electrons. The molecule has 7 heteroatoms. The summed E-state index contributed by atoms with van der Waals surface area (Å²) in [6.07, 6.45) is 3.84. The predicted octanol–water partition coefficient (Wildman–Crippen LogP) is 2.90. The molecule has 2 aromatic heterocycles. The van der Waals surface area contributed by atoms with Crippen LogP contribution in [0.25, 0.3) is 10.4 Å². The monoisotopic (exact) mass is 385 g/mol. The van der Waals surface area contributed by atoms with Gasteiger partial charge in [-0.1, -0.05) is 12.1 Å². The van der Waals surface area contributed by atoms with Crippen molar-refractivity contribution in [2.24, 2.45) is 7.05 Å². The van der Waals surface area contributed by atoms with Crippen LogP contribution >= 0.6 is 11.3 Å². The highest BCUT2D eigenvalue weighted by molar-refractivity contribution is 7.92. The van der Waals surface area contributed by atoms with Gasteiger partial charge in [-0.2, -0.15) is 5.10 Å². The van der Waals surface area contributed by atoms with Gasteiger partial charge in [0.05, 0.1) is 16.3 Å². The Morgan fingerprint density at radius 2 is 2.15 bits per heavy atom. The van der Waals surface area contributed by atoms with Crippen molar-refractivity contribution in [3.8, 4) is 10.4 Å². The maximum Gasteiger partial charge on any atom is 0.183 e. The Morgan fingerprint density at radius 1 is 1.27 bits per heavy atom. The molecular weight excluding hydrogens is 366 g/mol. The zero-order valence-electron chi connectivity index (χ0n) is 14.4. The minimum absolute atomic E-state index is 0.0617. The number of sulfone groups is 1. The zero-order chi connectivity index (χ0) is 17.9. The zero-order valence-corrected chi connectivity index (χ0v) is 16.0. The van der Waals surface area contributed by atoms with Crippen LogP contribution in [0.3, 0.4) is 0 Å². The van der Waals surface area contributed by atoms with E-state index >= 15 is 0 Å². The second-order valence-corrected chi connectivity index (χ2v) is 10.2. The number of nitrogens with zero attached hydrogens (tertiary/aromatic N) is 3. The Bertz CT molecular complexity index is 1070. The number of aryl methyl sites for hydroxylation is 1. The van der Waals surface area contributed by atoms with E-state index in [0.717, 1.165) is 29.8 Å². The first-order valence-corrected chi connectivity index (χ1v) is 11.1. The van der Waals surface area contributed by atoms with Crippen LogP contribution in [0.4, 0.5) is 0 Å². The van der Waals surface area contributed by atoms with E-state index in [1.165, 1.54) is 4.88 Å². The fraction of sp³-hybridized carbons (Fsp3) is 0.316. The van der Waals surface area contributed by atoms with Gasteiger partial charge >= 0.3 is 0 Å². The summed E-state index contributed by atoms with van der Waals surface area (Å²) in [5, 5.41) is 5.93. The van der Waals surface area contributed by atoms with Crippen molar-refractivity contribution in [3.63, 3.8) is 0 Å². The summed E-state index contributed by atoms with van der Waals surface area (Å²) in [7, 11) is -1.35. The molecule has 26 heavy (non-hydrogen) atoms. The molecule has 1 fully saturated rings. The highest BCUT2D eigenvalue weighted by Gasteiger charge is 2.50. The van der Waals surface area contributed by atoms with Crippen LogP contribution in [0, 0.1) is 0 Å². The molecule has 4 heterocycles. The standard InChI is InChI=1S/C19H19N3O2S2/c1-21-9-13(8-20-21)10-22-11-16-15-7-14(17-3-2-6-25-17)4-5-18(15)26(23,24)19(16)12-22/h2-9,16,19H,10-12H2,1H3/t16-,19+/m0/s1. The van der Waals surface area contributed by atoms with Gasteiger partial charge in [-0.05, 0) is 34.7 Å². The normalized spacial score (nSPS) is 23.9. The summed E-state index contributed by atoms with van der Waals surface area (Å²) < 4.78 is 27.8. The molecule has 0 saturated carbocycles. The summed E-state index contributed by atoms with van der Waals surface area (Å²) in [5.41, 5.74) is 3.23. The summed E-state index contributed by atoms with van der Waals surface area (Å²) in [6, 6.07) is 9.95. The third-order valence-electron chi connectivity index (χ3n) is 5.43. The third-order valence-corrected chi connectivity index (χ3v) is 8.60. The Kier molecular flexibility index (Phi) is 3.60. The molecule has 0 spiro atoms. The maximum absolute atomic E-state index is 13.0. The van der Waals surface area contributed by atoms with Crippen molar-refractivity contribution in [2.45, 2.75) is 22.6 Å². The van der Waals surface area contributed by atoms with E-state index in [9.17, 15) is 8.42 Å². The maximum atomic E-state index is 13.0. The molecule has 2 atom stereocenters. The second-order valence-electron chi connectivity index (χ2n) is 7.14. The van der Waals surface area contributed by atoms with E-state index in [0.29, 0.717) is 11.4 Å². The van der Waals surface area contributed by atoms with Gasteiger partial charge in [0.25, 0.3) is 0 Å². The first kappa shape index (κ1) is 16.2. The Labute approximate surface area is 156 Å². The highest BCUT2D eigenvalue weighted by atomic mass is 32.2. The lowest BCUT2D eigenvalue weighted by molar-refractivity contribution is 0.325. The van der Waals surface area contributed by atoms with E-state index in [1.54, 1.807) is 16.0 Å². The molecule has 5 nitrogen and oxygen atoms in total. The van der Waals surface area contributed by atoms with Crippen molar-refractivity contribution in [1.82, 2.24) is 14.7 Å². The van der Waals surface area contributed by atoms with Gasteiger partial charge in [-0.25, -0.2) is 8.42 Å². The molecule has 3 aromatic rings. The number of rotatable bonds is 3. The average Bonchev–Trinajstić information content (AvgIpc) is 3.37. The number of aromatic nitrogens is 2. The van der Waals surface area contributed by atoms with Gasteiger partial charge in [0.2, 0.25) is 0 Å². The highest BCUT2D eigenvalue weighted by Crippen LogP contribution is 2.46. The molecule has 0 bridgehead atoms. The van der Waals surface area contributed by atoms with Crippen LogP contribution in [-0.4, -0.2) is 41.4 Å². The molecule has 5 rings (SSSR count). The largest absolute Gasteiger partial charge is 0.297 e. The number of hydrogen-bond acceptors (Lipinski definition) is 5. The summed E-state index contributed by atoms with van der Waals surface area (Å²) in [4.78, 5) is 3.96. The Morgan fingerprint density at radius 3 is 2.88 bits per heavy atom. The van der Waals surface area contributed by atoms with Crippen molar-refractivity contribution in [2.75, 3.05) is 13.1 Å². The van der Waals surface area contributed by atoms with Gasteiger partial charge < -0.3 is 0 Å². The molecule has 1 aromatic carbocycles. The number of likely N-dealkylation sites (tertiary alicyclic amines) is 1. The summed E-state index contributed by atoms with van der Waals surface area (Å²) >= 11 is 1.68. The average molecular weight is 386 g/mol. The first-order valence-electron chi connectivity index (χ1n) is 8.64. The van der Waals surface area contributed by atoms with Crippen molar-refractivity contribution in [1.29, 1.82) is 0 Å². The third kappa shape index (κ3) is 2.46. The fourth-order valence-corrected chi connectivity index (χ4v) is 7.18. The molecule has 0 aliphatic carbocycles. The number of thiophene rings is 1. The van der Waals surface area contributed by atoms with Crippen molar-refractivity contribution < 1.29 is 8.42 Å². The summed E-state index contributed by atoms with van der Waals surface area (Å²) in [5.74, 6) is 0.0617. The minimum atomic E-state index is -3.25. The van der Waals surface area contributed by atoms with Gasteiger partial charge in [0, 0.05) is 49.2 Å². The molecule has 2 aliphatic heterocycles. The molecule has 0 N–H and O–H groups in total. The first-order chi connectivity index (χ1) is 12.5. The van der Waals surface area contributed by atoms with Crippen LogP contribution in [0.5, 0.6) is 0 Å². The van der Waals surface area contributed by atoms with Crippen molar-refractivity contribution >= 4 is 21.2 Å². The van der Waals surface area contributed by atoms with Crippen molar-refractivity contribution in [3.05, 3.63) is 59.2 Å². The van der Waals surface area contributed by atoms with E-state index in [4.69, 9.17) is 0 Å². The Hall–Kier alpha value is -1.96. The van der Waals surface area contributed by atoms with E-state index in [-0.39, 0.29) is 11.2 Å².